The molecule has 3 rings (SSSR count). The maximum absolute atomic E-state index is 12.7. The molecule has 134 valence electrons. The Bertz CT molecular complexity index is 739. The van der Waals surface area contributed by atoms with Gasteiger partial charge in [-0.05, 0) is 0 Å². The molecule has 0 aliphatic carbocycles. The van der Waals surface area contributed by atoms with Gasteiger partial charge in [0, 0.05) is 0 Å². The van der Waals surface area contributed by atoms with Crippen molar-refractivity contribution in [2.75, 3.05) is 0 Å². The molecule has 0 aliphatic rings. The van der Waals surface area contributed by atoms with Crippen molar-refractivity contribution in [2.24, 2.45) is 0 Å². The molecule has 1 N–H and O–H groups in total. The average molecular weight is 365 g/mol. The van der Waals surface area contributed by atoms with E-state index in [1.807, 2.05) is 68.4 Å². The first kappa shape index (κ1) is 18.2. The van der Waals surface area contributed by atoms with E-state index in [0.717, 1.165) is 15.9 Å². The summed E-state index contributed by atoms with van der Waals surface area (Å²) in [4.78, 5) is 12.7. The molecule has 0 saturated heterocycles. The van der Waals surface area contributed by atoms with Crippen LogP contribution in [0.2, 0.25) is 0 Å². The summed E-state index contributed by atoms with van der Waals surface area (Å²) in [5.74, 6) is 0. The van der Waals surface area contributed by atoms with Crippen molar-refractivity contribution in [3.8, 4) is 0 Å². The van der Waals surface area contributed by atoms with Crippen LogP contribution in [0, 0.1) is 0 Å². The third-order valence-corrected chi connectivity index (χ3v) is 8.43. The average Bonchev–Trinajstić information content (AvgIpc) is 2.67. The van der Waals surface area contributed by atoms with E-state index >= 15 is 0 Å². The van der Waals surface area contributed by atoms with Crippen LogP contribution < -0.4 is 21.0 Å². The van der Waals surface area contributed by atoms with Gasteiger partial charge in [-0.1, -0.05) is 0 Å². The summed E-state index contributed by atoms with van der Waals surface area (Å²) in [6.45, 7) is 3.72. The minimum absolute atomic E-state index is 0.177. The standard InChI is InChI=1S/C22H24NO2P/c1-18(2)25-22(24)23-26(19-12-6-3-7-13-19,20-14-8-4-9-15-20)21-16-10-5-11-17-21/h3-18,26H,1-2H3,(H,23,24). The summed E-state index contributed by atoms with van der Waals surface area (Å²) in [7, 11) is -2.78. The van der Waals surface area contributed by atoms with E-state index in [1.165, 1.54) is 0 Å². The molecule has 0 radical (unpaired) electrons. The third kappa shape index (κ3) is 3.79. The van der Waals surface area contributed by atoms with E-state index in [1.54, 1.807) is 0 Å². The molecule has 26 heavy (non-hydrogen) atoms. The van der Waals surface area contributed by atoms with Crippen LogP contribution in [-0.2, 0) is 4.74 Å². The molecule has 0 bridgehead atoms. The SMILES string of the molecule is CC(C)OC(=O)N[PH](c1ccccc1)(c1ccccc1)c1ccccc1. The van der Waals surface area contributed by atoms with Crippen LogP contribution in [-0.4, -0.2) is 12.2 Å². The molecule has 0 aliphatic heterocycles. The Labute approximate surface area is 155 Å². The molecular weight excluding hydrogens is 341 g/mol. The number of carbonyl (C=O) groups is 1. The zero-order valence-electron chi connectivity index (χ0n) is 15.1. The number of rotatable bonds is 5. The Morgan fingerprint density at radius 3 is 1.38 bits per heavy atom. The Hall–Kier alpha value is -2.64. The Morgan fingerprint density at radius 2 is 1.08 bits per heavy atom. The van der Waals surface area contributed by atoms with Gasteiger partial charge in [-0.3, -0.25) is 0 Å². The van der Waals surface area contributed by atoms with Gasteiger partial charge < -0.3 is 0 Å². The molecule has 0 spiro atoms. The quantitative estimate of drug-likeness (QED) is 0.699. The molecule has 0 aromatic heterocycles. The number of benzene rings is 3. The summed E-state index contributed by atoms with van der Waals surface area (Å²) in [5, 5.41) is 6.62. The van der Waals surface area contributed by atoms with E-state index in [-0.39, 0.29) is 12.2 Å². The first-order chi connectivity index (χ1) is 12.6. The maximum atomic E-state index is 12.7. The second-order valence-corrected chi connectivity index (χ2v) is 9.91. The van der Waals surface area contributed by atoms with Crippen molar-refractivity contribution in [1.82, 2.24) is 5.09 Å². The summed E-state index contributed by atoms with van der Waals surface area (Å²) >= 11 is 0. The van der Waals surface area contributed by atoms with Crippen molar-refractivity contribution in [1.29, 1.82) is 0 Å². The predicted molar refractivity (Wildman–Crippen MR) is 111 cm³/mol. The van der Waals surface area contributed by atoms with Gasteiger partial charge in [-0.2, -0.15) is 0 Å². The fraction of sp³-hybridized carbons (Fsp3) is 0.136. The zero-order chi connectivity index (χ0) is 18.4. The van der Waals surface area contributed by atoms with Gasteiger partial charge in [-0.15, -0.1) is 0 Å². The molecule has 0 heterocycles. The van der Waals surface area contributed by atoms with Crippen LogP contribution in [0.15, 0.2) is 91.0 Å². The Morgan fingerprint density at radius 1 is 0.731 bits per heavy atom. The Balaban J connectivity index is 2.23. The van der Waals surface area contributed by atoms with Gasteiger partial charge in [0.2, 0.25) is 0 Å². The van der Waals surface area contributed by atoms with Gasteiger partial charge in [0.25, 0.3) is 0 Å². The topological polar surface area (TPSA) is 38.3 Å². The number of nitrogens with one attached hydrogen (secondary N) is 1. The van der Waals surface area contributed by atoms with Crippen LogP contribution in [0.25, 0.3) is 0 Å². The second kappa shape index (κ2) is 8.16. The third-order valence-electron chi connectivity index (χ3n) is 4.25. The van der Waals surface area contributed by atoms with Gasteiger partial charge in [0.15, 0.2) is 0 Å². The van der Waals surface area contributed by atoms with Gasteiger partial charge in [-0.25, -0.2) is 0 Å². The second-order valence-electron chi connectivity index (χ2n) is 6.43. The van der Waals surface area contributed by atoms with E-state index < -0.39 is 7.41 Å². The molecule has 0 atom stereocenters. The normalized spacial score (nSPS) is 11.8. The van der Waals surface area contributed by atoms with Gasteiger partial charge in [0.1, 0.15) is 0 Å². The number of carbonyl (C=O) groups excluding carboxylic acids is 1. The summed E-state index contributed by atoms with van der Waals surface area (Å²) < 4.78 is 5.45. The monoisotopic (exact) mass is 365 g/mol. The fourth-order valence-corrected chi connectivity index (χ4v) is 7.05. The summed E-state index contributed by atoms with van der Waals surface area (Å²) in [6, 6.07) is 30.6. The van der Waals surface area contributed by atoms with E-state index in [2.05, 4.69) is 41.5 Å². The molecule has 3 aromatic carbocycles. The van der Waals surface area contributed by atoms with Crippen molar-refractivity contribution in [3.63, 3.8) is 0 Å². The van der Waals surface area contributed by atoms with Crippen LogP contribution >= 0.6 is 7.41 Å². The minimum atomic E-state index is -2.78. The first-order valence-corrected chi connectivity index (χ1v) is 10.8. The van der Waals surface area contributed by atoms with Crippen molar-refractivity contribution in [3.05, 3.63) is 91.0 Å². The van der Waals surface area contributed by atoms with Crippen LogP contribution in [0.5, 0.6) is 0 Å². The predicted octanol–water partition coefficient (Wildman–Crippen LogP) is 3.76. The summed E-state index contributed by atoms with van der Waals surface area (Å²) in [5.41, 5.74) is 0. The van der Waals surface area contributed by atoms with E-state index in [4.69, 9.17) is 4.74 Å². The van der Waals surface area contributed by atoms with Crippen LogP contribution in [0.4, 0.5) is 4.79 Å². The van der Waals surface area contributed by atoms with Crippen LogP contribution in [0.3, 0.4) is 0 Å². The van der Waals surface area contributed by atoms with Gasteiger partial charge >= 0.3 is 155 Å². The van der Waals surface area contributed by atoms with Crippen LogP contribution in [0.1, 0.15) is 13.8 Å². The molecule has 0 unspecified atom stereocenters. The molecule has 3 aromatic rings. The van der Waals surface area contributed by atoms with E-state index in [0.29, 0.717) is 0 Å². The number of hydrogen-bond donors (Lipinski definition) is 1. The number of hydrogen-bond acceptors (Lipinski definition) is 2. The molecule has 0 saturated carbocycles. The molecular formula is C22H24NO2P. The van der Waals surface area contributed by atoms with Gasteiger partial charge in [0.05, 0.1) is 0 Å². The van der Waals surface area contributed by atoms with Crippen molar-refractivity contribution in [2.45, 2.75) is 20.0 Å². The first-order valence-electron chi connectivity index (χ1n) is 8.78. The zero-order valence-corrected chi connectivity index (χ0v) is 16.1. The molecule has 1 amide bonds. The summed E-state index contributed by atoms with van der Waals surface area (Å²) in [6.07, 6.45) is -0.563. The van der Waals surface area contributed by atoms with E-state index in [9.17, 15) is 4.79 Å². The number of amides is 1. The fourth-order valence-electron chi connectivity index (χ4n) is 3.18. The molecule has 4 heteroatoms. The van der Waals surface area contributed by atoms with Crippen molar-refractivity contribution < 1.29 is 9.53 Å². The number of ether oxygens (including phenoxy) is 1. The van der Waals surface area contributed by atoms with Crippen molar-refractivity contribution >= 4 is 29.4 Å². The molecule has 3 nitrogen and oxygen atoms in total. The molecule has 0 fully saturated rings. The Kier molecular flexibility index (Phi) is 5.70.